The normalized spacial score (nSPS) is 17.7. The maximum Gasteiger partial charge on any atom is 0.248 e. The number of likely N-dealkylation sites (tertiary alicyclic amines) is 1. The van der Waals surface area contributed by atoms with E-state index in [-0.39, 0.29) is 5.56 Å². The molecule has 1 aromatic heterocycles. The fourth-order valence-corrected chi connectivity index (χ4v) is 2.50. The molecule has 0 bridgehead atoms. The highest BCUT2D eigenvalue weighted by atomic mass is 16.5. The van der Waals surface area contributed by atoms with Gasteiger partial charge in [0.15, 0.2) is 0 Å². The zero-order valence-corrected chi connectivity index (χ0v) is 11.1. The topological polar surface area (TPSA) is 45.3 Å². The molecule has 0 saturated carbocycles. The maximum absolute atomic E-state index is 11.2. The van der Waals surface area contributed by atoms with Gasteiger partial charge in [-0.2, -0.15) is 0 Å². The monoisotopic (exact) mass is 258 g/mol. The summed E-state index contributed by atoms with van der Waals surface area (Å²) in [6.45, 7) is 2.18. The zero-order valence-electron chi connectivity index (χ0n) is 11.1. The van der Waals surface area contributed by atoms with Crippen LogP contribution in [-0.4, -0.2) is 36.1 Å². The van der Waals surface area contributed by atoms with E-state index in [1.54, 1.807) is 6.07 Å². The second-order valence-corrected chi connectivity index (χ2v) is 5.19. The first-order chi connectivity index (χ1) is 9.20. The predicted molar refractivity (Wildman–Crippen MR) is 75.7 cm³/mol. The number of aromatic nitrogens is 1. The Kier molecular flexibility index (Phi) is 3.25. The van der Waals surface area contributed by atoms with Crippen LogP contribution in [0.25, 0.3) is 10.9 Å². The number of H-pyrrole nitrogens is 1. The van der Waals surface area contributed by atoms with Gasteiger partial charge in [0, 0.05) is 30.1 Å². The van der Waals surface area contributed by atoms with E-state index in [4.69, 9.17) is 4.74 Å². The lowest BCUT2D eigenvalue weighted by atomic mass is 10.1. The smallest absolute Gasteiger partial charge is 0.248 e. The van der Waals surface area contributed by atoms with Crippen LogP contribution in [-0.2, 0) is 0 Å². The van der Waals surface area contributed by atoms with Crippen molar-refractivity contribution in [3.05, 3.63) is 40.7 Å². The number of hydrogen-bond donors (Lipinski definition) is 1. The lowest BCUT2D eigenvalue weighted by molar-refractivity contribution is 0.114. The molecule has 19 heavy (non-hydrogen) atoms. The van der Waals surface area contributed by atoms with E-state index in [0.29, 0.717) is 6.10 Å². The highest BCUT2D eigenvalue weighted by Crippen LogP contribution is 2.22. The van der Waals surface area contributed by atoms with E-state index in [1.807, 2.05) is 24.3 Å². The Morgan fingerprint density at radius 1 is 1.21 bits per heavy atom. The molecule has 1 aliphatic heterocycles. The van der Waals surface area contributed by atoms with Crippen LogP contribution >= 0.6 is 0 Å². The summed E-state index contributed by atoms with van der Waals surface area (Å²) in [4.78, 5) is 16.4. The molecular formula is C15H18N2O2. The van der Waals surface area contributed by atoms with Gasteiger partial charge >= 0.3 is 0 Å². The summed E-state index contributed by atoms with van der Waals surface area (Å²) in [7, 11) is 2.14. The largest absolute Gasteiger partial charge is 0.490 e. The van der Waals surface area contributed by atoms with Crippen molar-refractivity contribution in [2.24, 2.45) is 0 Å². The number of ether oxygens (including phenoxy) is 1. The summed E-state index contributed by atoms with van der Waals surface area (Å²) >= 11 is 0. The number of hydrogen-bond acceptors (Lipinski definition) is 3. The molecule has 2 heterocycles. The first kappa shape index (κ1) is 12.2. The number of rotatable bonds is 2. The Balaban J connectivity index is 1.78. The fraction of sp³-hybridized carbons (Fsp3) is 0.400. The second kappa shape index (κ2) is 5.05. The van der Waals surface area contributed by atoms with Crippen LogP contribution in [0.3, 0.4) is 0 Å². The molecule has 0 unspecified atom stereocenters. The lowest BCUT2D eigenvalue weighted by Crippen LogP contribution is -2.35. The average Bonchev–Trinajstić information content (AvgIpc) is 2.42. The number of piperidine rings is 1. The van der Waals surface area contributed by atoms with Crippen LogP contribution in [0.15, 0.2) is 35.1 Å². The van der Waals surface area contributed by atoms with Crippen molar-refractivity contribution in [1.82, 2.24) is 9.88 Å². The molecule has 4 heteroatoms. The van der Waals surface area contributed by atoms with Gasteiger partial charge < -0.3 is 14.6 Å². The number of nitrogens with one attached hydrogen (secondary N) is 1. The Bertz CT molecular complexity index is 627. The molecule has 100 valence electrons. The van der Waals surface area contributed by atoms with Crippen molar-refractivity contribution in [3.8, 4) is 5.75 Å². The van der Waals surface area contributed by atoms with E-state index in [1.165, 1.54) is 0 Å². The Morgan fingerprint density at radius 2 is 2.00 bits per heavy atom. The van der Waals surface area contributed by atoms with Crippen LogP contribution in [0, 0.1) is 0 Å². The van der Waals surface area contributed by atoms with Crippen LogP contribution in [0.5, 0.6) is 5.75 Å². The lowest BCUT2D eigenvalue weighted by Gasteiger charge is -2.29. The Labute approximate surface area is 112 Å². The summed E-state index contributed by atoms with van der Waals surface area (Å²) in [6, 6.07) is 9.19. The van der Waals surface area contributed by atoms with Crippen molar-refractivity contribution in [3.63, 3.8) is 0 Å². The van der Waals surface area contributed by atoms with Gasteiger partial charge in [0.25, 0.3) is 0 Å². The van der Waals surface area contributed by atoms with Crippen molar-refractivity contribution in [2.75, 3.05) is 20.1 Å². The number of benzene rings is 1. The SMILES string of the molecule is CN1CCC(Oc2ccc3[nH]c(=O)ccc3c2)CC1. The first-order valence-electron chi connectivity index (χ1n) is 6.69. The number of pyridine rings is 1. The van der Waals surface area contributed by atoms with Crippen LogP contribution in [0.2, 0.25) is 0 Å². The minimum atomic E-state index is -0.0727. The number of nitrogens with zero attached hydrogens (tertiary/aromatic N) is 1. The number of fused-ring (bicyclic) bond motifs is 1. The summed E-state index contributed by atoms with van der Waals surface area (Å²) in [5, 5.41) is 1.00. The van der Waals surface area contributed by atoms with Crippen molar-refractivity contribution < 1.29 is 4.74 Å². The molecule has 0 radical (unpaired) electrons. The molecule has 0 amide bonds. The van der Waals surface area contributed by atoms with Gasteiger partial charge in [-0.1, -0.05) is 0 Å². The highest BCUT2D eigenvalue weighted by Gasteiger charge is 2.17. The van der Waals surface area contributed by atoms with E-state index in [0.717, 1.165) is 42.6 Å². The molecule has 4 nitrogen and oxygen atoms in total. The molecule has 0 aliphatic carbocycles. The minimum absolute atomic E-state index is 0.0727. The molecule has 0 spiro atoms. The summed E-state index contributed by atoms with van der Waals surface area (Å²) in [5.41, 5.74) is 0.778. The maximum atomic E-state index is 11.2. The molecule has 1 fully saturated rings. The van der Waals surface area contributed by atoms with Gasteiger partial charge in [-0.25, -0.2) is 0 Å². The van der Waals surface area contributed by atoms with E-state index < -0.39 is 0 Å². The summed E-state index contributed by atoms with van der Waals surface area (Å²) in [6.07, 6.45) is 2.44. The highest BCUT2D eigenvalue weighted by molar-refractivity contribution is 5.79. The molecule has 0 atom stereocenters. The molecule has 1 N–H and O–H groups in total. The third-order valence-electron chi connectivity index (χ3n) is 3.66. The second-order valence-electron chi connectivity index (χ2n) is 5.19. The van der Waals surface area contributed by atoms with E-state index >= 15 is 0 Å². The average molecular weight is 258 g/mol. The quantitative estimate of drug-likeness (QED) is 0.896. The molecular weight excluding hydrogens is 240 g/mol. The van der Waals surface area contributed by atoms with Gasteiger partial charge in [-0.05, 0) is 44.2 Å². The third kappa shape index (κ3) is 2.79. The van der Waals surface area contributed by atoms with Crippen LogP contribution < -0.4 is 10.3 Å². The summed E-state index contributed by atoms with van der Waals surface area (Å²) < 4.78 is 6.02. The minimum Gasteiger partial charge on any atom is -0.490 e. The van der Waals surface area contributed by atoms with Crippen LogP contribution in [0.1, 0.15) is 12.8 Å². The van der Waals surface area contributed by atoms with Gasteiger partial charge in [0.1, 0.15) is 11.9 Å². The first-order valence-corrected chi connectivity index (χ1v) is 6.69. The predicted octanol–water partition coefficient (Wildman–Crippen LogP) is 2.00. The van der Waals surface area contributed by atoms with Gasteiger partial charge in [-0.15, -0.1) is 0 Å². The van der Waals surface area contributed by atoms with Crippen molar-refractivity contribution in [1.29, 1.82) is 0 Å². The van der Waals surface area contributed by atoms with Crippen LogP contribution in [0.4, 0.5) is 0 Å². The van der Waals surface area contributed by atoms with Gasteiger partial charge in [0.05, 0.1) is 0 Å². The van der Waals surface area contributed by atoms with E-state index in [9.17, 15) is 4.79 Å². The molecule has 1 saturated heterocycles. The third-order valence-corrected chi connectivity index (χ3v) is 3.66. The fourth-order valence-electron chi connectivity index (χ4n) is 2.50. The Morgan fingerprint density at radius 3 is 2.79 bits per heavy atom. The molecule has 1 aliphatic rings. The molecule has 1 aromatic carbocycles. The Hall–Kier alpha value is -1.81. The van der Waals surface area contributed by atoms with Gasteiger partial charge in [-0.3, -0.25) is 4.79 Å². The zero-order chi connectivity index (χ0) is 13.2. The number of aromatic amines is 1. The van der Waals surface area contributed by atoms with Gasteiger partial charge in [0.2, 0.25) is 5.56 Å². The van der Waals surface area contributed by atoms with Crippen molar-refractivity contribution >= 4 is 10.9 Å². The standard InChI is InChI=1S/C15H18N2O2/c1-17-8-6-12(7-9-17)19-13-3-4-14-11(10-13)2-5-15(18)16-14/h2-5,10,12H,6-9H2,1H3,(H,16,18). The van der Waals surface area contributed by atoms with E-state index in [2.05, 4.69) is 16.9 Å². The summed E-state index contributed by atoms with van der Waals surface area (Å²) in [5.74, 6) is 0.883. The van der Waals surface area contributed by atoms with Crippen molar-refractivity contribution in [2.45, 2.75) is 18.9 Å². The molecule has 2 aromatic rings. The molecule has 3 rings (SSSR count).